The second-order valence-corrected chi connectivity index (χ2v) is 5.91. The predicted octanol–water partition coefficient (Wildman–Crippen LogP) is 1.78. The number of hydrogen-bond acceptors (Lipinski definition) is 3. The van der Waals surface area contributed by atoms with E-state index < -0.39 is 5.60 Å². The van der Waals surface area contributed by atoms with Gasteiger partial charge in [0.15, 0.2) is 0 Å². The number of anilines is 1. The zero-order valence-corrected chi connectivity index (χ0v) is 12.1. The minimum atomic E-state index is -0.685. The van der Waals surface area contributed by atoms with Crippen molar-refractivity contribution in [2.75, 3.05) is 25.0 Å². The van der Waals surface area contributed by atoms with Crippen LogP contribution in [0, 0.1) is 18.7 Å². The lowest BCUT2D eigenvalue weighted by Gasteiger charge is -2.48. The maximum Gasteiger partial charge on any atom is 0.238 e. The number of nitrogens with one attached hydrogen (secondary N) is 1. The summed E-state index contributed by atoms with van der Waals surface area (Å²) in [6.45, 7) is 6.96. The number of aryl methyl sites for hydroxylation is 1. The number of carbonyl (C=O) groups excluding carboxylic acids is 1. The van der Waals surface area contributed by atoms with E-state index in [1.165, 1.54) is 12.1 Å². The molecular weight excluding hydrogens is 259 g/mol. The summed E-state index contributed by atoms with van der Waals surface area (Å²) >= 11 is 0. The van der Waals surface area contributed by atoms with Gasteiger partial charge in [-0.05, 0) is 30.5 Å². The first-order valence-electron chi connectivity index (χ1n) is 6.81. The Kier molecular flexibility index (Phi) is 4.11. The van der Waals surface area contributed by atoms with Gasteiger partial charge in [0.25, 0.3) is 0 Å². The number of rotatable bonds is 4. The average Bonchev–Trinajstić information content (AvgIpc) is 2.31. The van der Waals surface area contributed by atoms with E-state index in [1.807, 2.05) is 25.7 Å². The Balaban J connectivity index is 1.87. The van der Waals surface area contributed by atoms with E-state index in [1.54, 1.807) is 6.07 Å². The van der Waals surface area contributed by atoms with Crippen molar-refractivity contribution in [1.82, 2.24) is 4.90 Å². The Morgan fingerprint density at radius 3 is 2.75 bits per heavy atom. The molecule has 0 saturated carbocycles. The summed E-state index contributed by atoms with van der Waals surface area (Å²) in [6.07, 6.45) is 0. The minimum Gasteiger partial charge on any atom is -0.387 e. The van der Waals surface area contributed by atoms with Crippen molar-refractivity contribution in [3.8, 4) is 0 Å². The topological polar surface area (TPSA) is 52.6 Å². The van der Waals surface area contributed by atoms with Crippen LogP contribution in [0.4, 0.5) is 10.1 Å². The van der Waals surface area contributed by atoms with Gasteiger partial charge < -0.3 is 10.4 Å². The fourth-order valence-corrected chi connectivity index (χ4v) is 2.33. The Morgan fingerprint density at radius 1 is 1.50 bits per heavy atom. The lowest BCUT2D eigenvalue weighted by atomic mass is 9.83. The van der Waals surface area contributed by atoms with E-state index in [0.29, 0.717) is 18.8 Å². The maximum absolute atomic E-state index is 13.1. The highest BCUT2D eigenvalue weighted by Gasteiger charge is 2.43. The Bertz CT molecular complexity index is 511. The summed E-state index contributed by atoms with van der Waals surface area (Å²) in [6, 6.07) is 4.31. The first-order chi connectivity index (χ1) is 9.30. The van der Waals surface area contributed by atoms with Crippen LogP contribution in [-0.2, 0) is 4.79 Å². The number of carbonyl (C=O) groups is 1. The first kappa shape index (κ1) is 14.9. The molecule has 2 rings (SSSR count). The summed E-state index contributed by atoms with van der Waals surface area (Å²) in [5, 5.41) is 12.8. The van der Waals surface area contributed by atoms with Crippen LogP contribution < -0.4 is 5.32 Å². The quantitative estimate of drug-likeness (QED) is 0.884. The summed E-state index contributed by atoms with van der Waals surface area (Å²) < 4.78 is 13.1. The van der Waals surface area contributed by atoms with Gasteiger partial charge >= 0.3 is 0 Å². The second-order valence-electron chi connectivity index (χ2n) is 5.91. The van der Waals surface area contributed by atoms with E-state index in [2.05, 4.69) is 5.32 Å². The fraction of sp³-hybridized carbons (Fsp3) is 0.533. The molecule has 1 saturated heterocycles. The second kappa shape index (κ2) is 5.50. The molecule has 4 nitrogen and oxygen atoms in total. The SMILES string of the molecule is Cc1ccc(F)cc1NC(=O)CN1CC(O)(C(C)C)C1. The number of benzene rings is 1. The van der Waals surface area contributed by atoms with Crippen molar-refractivity contribution in [3.63, 3.8) is 0 Å². The van der Waals surface area contributed by atoms with Crippen LogP contribution in [-0.4, -0.2) is 41.1 Å². The van der Waals surface area contributed by atoms with E-state index in [9.17, 15) is 14.3 Å². The largest absolute Gasteiger partial charge is 0.387 e. The Labute approximate surface area is 118 Å². The highest BCUT2D eigenvalue weighted by molar-refractivity contribution is 5.93. The van der Waals surface area contributed by atoms with Crippen molar-refractivity contribution in [2.24, 2.45) is 5.92 Å². The molecule has 0 aliphatic carbocycles. The van der Waals surface area contributed by atoms with Crippen LogP contribution in [0.25, 0.3) is 0 Å². The van der Waals surface area contributed by atoms with Crippen molar-refractivity contribution in [3.05, 3.63) is 29.6 Å². The van der Waals surface area contributed by atoms with Gasteiger partial charge in [-0.15, -0.1) is 0 Å². The van der Waals surface area contributed by atoms with Crippen molar-refractivity contribution >= 4 is 11.6 Å². The number of aliphatic hydroxyl groups is 1. The van der Waals surface area contributed by atoms with Gasteiger partial charge in [-0.1, -0.05) is 19.9 Å². The van der Waals surface area contributed by atoms with Crippen LogP contribution >= 0.6 is 0 Å². The number of amides is 1. The number of β-amino-alcohol motifs (C(OH)–C–C–N with tert-alkyl or cyclic N) is 1. The van der Waals surface area contributed by atoms with Crippen LogP contribution in [0.15, 0.2) is 18.2 Å². The van der Waals surface area contributed by atoms with Crippen LogP contribution in [0.3, 0.4) is 0 Å². The summed E-state index contributed by atoms with van der Waals surface area (Å²) in [4.78, 5) is 13.8. The molecule has 1 amide bonds. The molecule has 0 spiro atoms. The maximum atomic E-state index is 13.1. The fourth-order valence-electron chi connectivity index (χ4n) is 2.33. The van der Waals surface area contributed by atoms with Gasteiger partial charge in [0, 0.05) is 18.8 Å². The van der Waals surface area contributed by atoms with Gasteiger partial charge in [0.2, 0.25) is 5.91 Å². The third-order valence-electron chi connectivity index (χ3n) is 3.91. The van der Waals surface area contributed by atoms with E-state index in [4.69, 9.17) is 0 Å². The lowest BCUT2D eigenvalue weighted by molar-refractivity contribution is -0.139. The normalized spacial score (nSPS) is 17.9. The highest BCUT2D eigenvalue weighted by atomic mass is 19.1. The van der Waals surface area contributed by atoms with Gasteiger partial charge in [0.05, 0.1) is 12.1 Å². The molecule has 0 atom stereocenters. The van der Waals surface area contributed by atoms with Crippen LogP contribution in [0.2, 0.25) is 0 Å². The average molecular weight is 280 g/mol. The van der Waals surface area contributed by atoms with E-state index in [-0.39, 0.29) is 24.2 Å². The third kappa shape index (κ3) is 3.16. The number of hydrogen-bond donors (Lipinski definition) is 2. The molecular formula is C15H21FN2O2. The zero-order valence-electron chi connectivity index (χ0n) is 12.1. The van der Waals surface area contributed by atoms with Crippen molar-refractivity contribution in [1.29, 1.82) is 0 Å². The monoisotopic (exact) mass is 280 g/mol. The highest BCUT2D eigenvalue weighted by Crippen LogP contribution is 2.28. The molecule has 0 aromatic heterocycles. The van der Waals surface area contributed by atoms with Gasteiger partial charge in [0.1, 0.15) is 5.82 Å². The molecule has 2 N–H and O–H groups in total. The molecule has 1 heterocycles. The molecule has 20 heavy (non-hydrogen) atoms. The molecule has 0 radical (unpaired) electrons. The summed E-state index contributed by atoms with van der Waals surface area (Å²) in [5.41, 5.74) is 0.631. The molecule has 0 unspecified atom stereocenters. The molecule has 1 fully saturated rings. The molecule has 5 heteroatoms. The van der Waals surface area contributed by atoms with Crippen LogP contribution in [0.5, 0.6) is 0 Å². The van der Waals surface area contributed by atoms with Gasteiger partial charge in [-0.25, -0.2) is 4.39 Å². The first-order valence-corrected chi connectivity index (χ1v) is 6.81. The standard InChI is InChI=1S/C15H21FN2O2/c1-10(2)15(20)8-18(9-15)7-14(19)17-13-6-12(16)5-4-11(13)3/h4-6,10,20H,7-9H2,1-3H3,(H,17,19). The van der Waals surface area contributed by atoms with E-state index in [0.717, 1.165) is 5.56 Å². The van der Waals surface area contributed by atoms with Crippen LogP contribution in [0.1, 0.15) is 19.4 Å². The molecule has 1 aliphatic rings. The predicted molar refractivity (Wildman–Crippen MR) is 76.0 cm³/mol. The molecule has 1 aliphatic heterocycles. The third-order valence-corrected chi connectivity index (χ3v) is 3.91. The van der Waals surface area contributed by atoms with Crippen molar-refractivity contribution in [2.45, 2.75) is 26.4 Å². The summed E-state index contributed by atoms with van der Waals surface area (Å²) in [7, 11) is 0. The van der Waals surface area contributed by atoms with Crippen molar-refractivity contribution < 1.29 is 14.3 Å². The summed E-state index contributed by atoms with van der Waals surface area (Å²) in [5.74, 6) is -0.388. The number of nitrogens with zero attached hydrogens (tertiary/aromatic N) is 1. The zero-order chi connectivity index (χ0) is 14.9. The van der Waals surface area contributed by atoms with Gasteiger partial charge in [-0.2, -0.15) is 0 Å². The van der Waals surface area contributed by atoms with Gasteiger partial charge in [-0.3, -0.25) is 9.69 Å². The smallest absolute Gasteiger partial charge is 0.238 e. The van der Waals surface area contributed by atoms with E-state index >= 15 is 0 Å². The number of halogens is 1. The Morgan fingerprint density at radius 2 is 2.15 bits per heavy atom. The molecule has 1 aromatic carbocycles. The minimum absolute atomic E-state index is 0.173. The Hall–Kier alpha value is -1.46. The molecule has 110 valence electrons. The lowest BCUT2D eigenvalue weighted by Crippen LogP contribution is -2.65. The molecule has 1 aromatic rings. The molecule has 0 bridgehead atoms. The number of likely N-dealkylation sites (tertiary alicyclic amines) is 1.